The number of hydrogen-bond acceptors (Lipinski definition) is 4. The molecule has 4 rings (SSSR count). The number of ether oxygens (including phenoxy) is 2. The molecule has 1 aliphatic heterocycles. The highest BCUT2D eigenvalue weighted by atomic mass is 16.5. The largest absolute Gasteiger partial charge is 0.493 e. The second kappa shape index (κ2) is 9.86. The number of benzene rings is 2. The van der Waals surface area contributed by atoms with Crippen LogP contribution in [-0.4, -0.2) is 47.6 Å². The van der Waals surface area contributed by atoms with Gasteiger partial charge in [-0.1, -0.05) is 18.2 Å². The molecule has 1 N–H and O–H groups in total. The molecule has 0 saturated carbocycles. The summed E-state index contributed by atoms with van der Waals surface area (Å²) in [5.41, 5.74) is 3.18. The quantitative estimate of drug-likeness (QED) is 0.580. The van der Waals surface area contributed by atoms with Crippen LogP contribution in [0.15, 0.2) is 42.5 Å². The van der Waals surface area contributed by atoms with E-state index in [1.165, 1.54) is 12.0 Å². The van der Waals surface area contributed by atoms with Gasteiger partial charge in [0.15, 0.2) is 11.5 Å². The highest BCUT2D eigenvalue weighted by molar-refractivity contribution is 5.77. The van der Waals surface area contributed by atoms with Gasteiger partial charge < -0.3 is 19.4 Å². The van der Waals surface area contributed by atoms with Crippen molar-refractivity contribution in [2.45, 2.75) is 51.0 Å². The Labute approximate surface area is 183 Å². The van der Waals surface area contributed by atoms with Gasteiger partial charge in [0.2, 0.25) is 5.91 Å². The number of para-hydroxylation sites is 2. The number of amides is 1. The van der Waals surface area contributed by atoms with Crippen LogP contribution in [0.4, 0.5) is 0 Å². The summed E-state index contributed by atoms with van der Waals surface area (Å²) < 4.78 is 10.8. The predicted octanol–water partition coefficient (Wildman–Crippen LogP) is 4.53. The van der Waals surface area contributed by atoms with Crippen LogP contribution in [0.25, 0.3) is 11.0 Å². The van der Waals surface area contributed by atoms with Gasteiger partial charge in [-0.25, -0.2) is 4.98 Å². The molecule has 2 heterocycles. The Morgan fingerprint density at radius 3 is 2.74 bits per heavy atom. The number of piperidine rings is 1. The Balaban J connectivity index is 1.35. The average Bonchev–Trinajstić information content (AvgIpc) is 3.24. The van der Waals surface area contributed by atoms with Gasteiger partial charge in [0.05, 0.1) is 25.3 Å². The van der Waals surface area contributed by atoms with E-state index in [9.17, 15) is 4.79 Å². The third-order valence-electron chi connectivity index (χ3n) is 6.18. The van der Waals surface area contributed by atoms with Gasteiger partial charge in [-0.3, -0.25) is 4.79 Å². The number of fused-ring (bicyclic) bond motifs is 1. The maximum absolute atomic E-state index is 13.0. The third-order valence-corrected chi connectivity index (χ3v) is 6.18. The number of imidazole rings is 1. The van der Waals surface area contributed by atoms with E-state index >= 15 is 0 Å². The first-order chi connectivity index (χ1) is 15.2. The van der Waals surface area contributed by atoms with Gasteiger partial charge in [0.25, 0.3) is 0 Å². The van der Waals surface area contributed by atoms with E-state index in [4.69, 9.17) is 9.47 Å². The van der Waals surface area contributed by atoms with Gasteiger partial charge >= 0.3 is 0 Å². The summed E-state index contributed by atoms with van der Waals surface area (Å²) in [5, 5.41) is 0. The molecular weight excluding hydrogens is 390 g/mol. The molecule has 1 aliphatic rings. The second-order valence-corrected chi connectivity index (χ2v) is 8.17. The van der Waals surface area contributed by atoms with Crippen molar-refractivity contribution in [2.24, 2.45) is 0 Å². The molecule has 31 heavy (non-hydrogen) atoms. The standard InChI is InChI=1S/C25H31N3O3/c1-30-22-13-11-18(17-23(22)31-2)10-12-19-7-5-6-16-28(19)25(29)15-14-24-26-20-8-3-4-9-21(20)27-24/h3-4,8-9,11,13,17,19H,5-7,10,12,14-16H2,1-2H3,(H,26,27). The number of carbonyl (C=O) groups is 1. The van der Waals surface area contributed by atoms with Crippen molar-refractivity contribution in [1.29, 1.82) is 0 Å². The van der Waals surface area contributed by atoms with Crippen LogP contribution >= 0.6 is 0 Å². The maximum Gasteiger partial charge on any atom is 0.223 e. The van der Waals surface area contributed by atoms with Crippen molar-refractivity contribution in [2.75, 3.05) is 20.8 Å². The predicted molar refractivity (Wildman–Crippen MR) is 122 cm³/mol. The number of rotatable bonds is 8. The fourth-order valence-corrected chi connectivity index (χ4v) is 4.49. The van der Waals surface area contributed by atoms with E-state index < -0.39 is 0 Å². The fraction of sp³-hybridized carbons (Fsp3) is 0.440. The first kappa shape index (κ1) is 21.2. The zero-order valence-corrected chi connectivity index (χ0v) is 18.4. The van der Waals surface area contributed by atoms with Crippen molar-refractivity contribution >= 4 is 16.9 Å². The molecule has 1 saturated heterocycles. The zero-order chi connectivity index (χ0) is 21.6. The van der Waals surface area contributed by atoms with E-state index in [0.29, 0.717) is 18.9 Å². The minimum atomic E-state index is 0.234. The lowest BCUT2D eigenvalue weighted by Crippen LogP contribution is -2.44. The highest BCUT2D eigenvalue weighted by Gasteiger charge is 2.26. The molecule has 6 heteroatoms. The number of nitrogens with one attached hydrogen (secondary N) is 1. The highest BCUT2D eigenvalue weighted by Crippen LogP contribution is 2.29. The van der Waals surface area contributed by atoms with Gasteiger partial charge in [-0.15, -0.1) is 0 Å². The summed E-state index contributed by atoms with van der Waals surface area (Å²) in [6, 6.07) is 14.3. The fourth-order valence-electron chi connectivity index (χ4n) is 4.49. The summed E-state index contributed by atoms with van der Waals surface area (Å²) in [6.07, 6.45) is 6.36. The number of carbonyl (C=O) groups excluding carboxylic acids is 1. The van der Waals surface area contributed by atoms with Crippen LogP contribution in [-0.2, 0) is 17.6 Å². The first-order valence-electron chi connectivity index (χ1n) is 11.1. The molecule has 1 amide bonds. The minimum absolute atomic E-state index is 0.234. The topological polar surface area (TPSA) is 67.5 Å². The van der Waals surface area contributed by atoms with E-state index in [1.54, 1.807) is 14.2 Å². The lowest BCUT2D eigenvalue weighted by atomic mass is 9.95. The zero-order valence-electron chi connectivity index (χ0n) is 18.4. The summed E-state index contributed by atoms with van der Waals surface area (Å²) >= 11 is 0. The lowest BCUT2D eigenvalue weighted by molar-refractivity contribution is -0.135. The number of methoxy groups -OCH3 is 2. The lowest BCUT2D eigenvalue weighted by Gasteiger charge is -2.36. The molecule has 6 nitrogen and oxygen atoms in total. The van der Waals surface area contributed by atoms with Gasteiger partial charge in [0, 0.05) is 25.4 Å². The van der Waals surface area contributed by atoms with Crippen LogP contribution in [0, 0.1) is 0 Å². The number of likely N-dealkylation sites (tertiary alicyclic amines) is 1. The van der Waals surface area contributed by atoms with Crippen molar-refractivity contribution in [3.8, 4) is 11.5 Å². The molecule has 3 aromatic rings. The van der Waals surface area contributed by atoms with Crippen molar-refractivity contribution in [1.82, 2.24) is 14.9 Å². The Morgan fingerprint density at radius 2 is 1.94 bits per heavy atom. The van der Waals surface area contributed by atoms with Crippen LogP contribution in [0.1, 0.15) is 43.5 Å². The normalized spacial score (nSPS) is 16.5. The molecule has 1 fully saturated rings. The third kappa shape index (κ3) is 5.01. The Morgan fingerprint density at radius 1 is 1.10 bits per heavy atom. The Bertz CT molecular complexity index is 997. The van der Waals surface area contributed by atoms with E-state index in [1.807, 2.05) is 36.4 Å². The van der Waals surface area contributed by atoms with Crippen LogP contribution in [0.2, 0.25) is 0 Å². The number of aryl methyl sites for hydroxylation is 2. The summed E-state index contributed by atoms with van der Waals surface area (Å²) in [4.78, 5) is 23.1. The Hall–Kier alpha value is -3.02. The maximum atomic E-state index is 13.0. The smallest absolute Gasteiger partial charge is 0.223 e. The average molecular weight is 422 g/mol. The number of nitrogens with zero attached hydrogens (tertiary/aromatic N) is 2. The summed E-state index contributed by atoms with van der Waals surface area (Å²) in [7, 11) is 3.31. The molecular formula is C25H31N3O3. The molecule has 1 aromatic heterocycles. The summed E-state index contributed by atoms with van der Waals surface area (Å²) in [6.45, 7) is 0.857. The van der Waals surface area contributed by atoms with Gasteiger partial charge in [-0.05, 0) is 61.9 Å². The number of aromatic nitrogens is 2. The number of hydrogen-bond donors (Lipinski definition) is 1. The van der Waals surface area contributed by atoms with Crippen molar-refractivity contribution in [3.05, 3.63) is 53.9 Å². The molecule has 2 aromatic carbocycles. The van der Waals surface area contributed by atoms with Crippen molar-refractivity contribution < 1.29 is 14.3 Å². The van der Waals surface area contributed by atoms with Crippen LogP contribution < -0.4 is 9.47 Å². The number of H-pyrrole nitrogens is 1. The van der Waals surface area contributed by atoms with E-state index in [2.05, 4.69) is 20.9 Å². The monoisotopic (exact) mass is 421 g/mol. The molecule has 0 spiro atoms. The Kier molecular flexibility index (Phi) is 6.75. The van der Waals surface area contributed by atoms with Crippen LogP contribution in [0.3, 0.4) is 0 Å². The second-order valence-electron chi connectivity index (χ2n) is 8.17. The molecule has 1 unspecified atom stereocenters. The van der Waals surface area contributed by atoms with E-state index in [0.717, 1.165) is 60.6 Å². The molecule has 1 atom stereocenters. The molecule has 0 bridgehead atoms. The molecule has 164 valence electrons. The van der Waals surface area contributed by atoms with Crippen LogP contribution in [0.5, 0.6) is 11.5 Å². The SMILES string of the molecule is COc1ccc(CCC2CCCCN2C(=O)CCc2nc3ccccc3[nH]2)cc1OC. The van der Waals surface area contributed by atoms with Gasteiger partial charge in [0.1, 0.15) is 5.82 Å². The molecule has 0 radical (unpaired) electrons. The molecule has 0 aliphatic carbocycles. The number of aromatic amines is 1. The van der Waals surface area contributed by atoms with Gasteiger partial charge in [-0.2, -0.15) is 0 Å². The van der Waals surface area contributed by atoms with E-state index in [-0.39, 0.29) is 5.91 Å². The first-order valence-corrected chi connectivity index (χ1v) is 11.1. The summed E-state index contributed by atoms with van der Waals surface area (Å²) in [5.74, 6) is 2.61. The van der Waals surface area contributed by atoms with Crippen molar-refractivity contribution in [3.63, 3.8) is 0 Å². The minimum Gasteiger partial charge on any atom is -0.493 e.